The summed E-state index contributed by atoms with van der Waals surface area (Å²) in [4.78, 5) is 16.6. The molecule has 0 radical (unpaired) electrons. The molecule has 3 heterocycles. The smallest absolute Gasteiger partial charge is 0.275 e. The van der Waals surface area contributed by atoms with E-state index < -0.39 is 0 Å². The predicted molar refractivity (Wildman–Crippen MR) is 80.6 cm³/mol. The van der Waals surface area contributed by atoms with Crippen LogP contribution in [-0.2, 0) is 0 Å². The molecule has 3 aromatic rings. The summed E-state index contributed by atoms with van der Waals surface area (Å²) in [5.74, 6) is 1.07. The maximum Gasteiger partial charge on any atom is 0.275 e. The second-order valence-electron chi connectivity index (χ2n) is 4.90. The van der Waals surface area contributed by atoms with Crippen molar-refractivity contribution in [3.63, 3.8) is 0 Å². The van der Waals surface area contributed by atoms with Crippen molar-refractivity contribution in [3.05, 3.63) is 54.5 Å². The molecule has 0 aliphatic carbocycles. The Hall–Kier alpha value is -3.02. The molecular weight excluding hydrogens is 282 g/mol. The van der Waals surface area contributed by atoms with Gasteiger partial charge in [-0.1, -0.05) is 6.07 Å². The van der Waals surface area contributed by atoms with E-state index in [1.165, 1.54) is 0 Å². The molecule has 0 spiro atoms. The summed E-state index contributed by atoms with van der Waals surface area (Å²) in [5, 5.41) is 2.82. The molecule has 0 bridgehead atoms. The zero-order valence-electron chi connectivity index (χ0n) is 11.7. The van der Waals surface area contributed by atoms with Crippen LogP contribution >= 0.6 is 0 Å². The van der Waals surface area contributed by atoms with Gasteiger partial charge in [0, 0.05) is 24.1 Å². The summed E-state index contributed by atoms with van der Waals surface area (Å²) in [6, 6.07) is 10.9. The number of carbonyl (C=O) groups excluding carboxylic acids is 1. The third kappa shape index (κ3) is 2.24. The summed E-state index contributed by atoms with van der Waals surface area (Å²) >= 11 is 0. The summed E-state index contributed by atoms with van der Waals surface area (Å²) < 4.78 is 12.8. The van der Waals surface area contributed by atoms with E-state index in [2.05, 4.69) is 10.3 Å². The predicted octanol–water partition coefficient (Wildman–Crippen LogP) is 2.36. The molecule has 6 heteroatoms. The van der Waals surface area contributed by atoms with E-state index in [9.17, 15) is 4.79 Å². The molecule has 2 aromatic heterocycles. The Balaban J connectivity index is 1.58. The van der Waals surface area contributed by atoms with Crippen LogP contribution in [-0.4, -0.2) is 28.5 Å². The number of pyridine rings is 1. The topological polar surface area (TPSA) is 64.9 Å². The molecule has 22 heavy (non-hydrogen) atoms. The monoisotopic (exact) mass is 295 g/mol. The van der Waals surface area contributed by atoms with Crippen molar-refractivity contribution in [1.29, 1.82) is 0 Å². The molecule has 0 atom stereocenters. The van der Waals surface area contributed by atoms with Crippen molar-refractivity contribution in [2.45, 2.75) is 0 Å². The van der Waals surface area contributed by atoms with E-state index in [1.807, 2.05) is 24.4 Å². The highest BCUT2D eigenvalue weighted by Gasteiger charge is 2.15. The van der Waals surface area contributed by atoms with Gasteiger partial charge in [-0.2, -0.15) is 0 Å². The number of amides is 1. The molecule has 0 saturated heterocycles. The number of nitrogens with one attached hydrogen (secondary N) is 1. The number of fused-ring (bicyclic) bond motifs is 2. The lowest BCUT2D eigenvalue weighted by Gasteiger charge is -2.18. The Morgan fingerprint density at radius 1 is 1.14 bits per heavy atom. The van der Waals surface area contributed by atoms with Gasteiger partial charge in [0.15, 0.2) is 11.5 Å². The fourth-order valence-corrected chi connectivity index (χ4v) is 2.36. The molecule has 1 amide bonds. The number of rotatable bonds is 2. The Kier molecular flexibility index (Phi) is 2.93. The van der Waals surface area contributed by atoms with E-state index in [-0.39, 0.29) is 5.91 Å². The van der Waals surface area contributed by atoms with Crippen LogP contribution in [0.4, 0.5) is 5.69 Å². The van der Waals surface area contributed by atoms with E-state index in [0.29, 0.717) is 36.1 Å². The molecule has 4 rings (SSSR count). The Labute approximate surface area is 126 Å². The van der Waals surface area contributed by atoms with E-state index in [0.717, 1.165) is 5.65 Å². The third-order valence-corrected chi connectivity index (χ3v) is 3.40. The minimum atomic E-state index is -0.264. The second-order valence-corrected chi connectivity index (χ2v) is 4.90. The first kappa shape index (κ1) is 12.7. The number of anilines is 1. The minimum Gasteiger partial charge on any atom is -0.486 e. The lowest BCUT2D eigenvalue weighted by molar-refractivity contribution is 0.102. The number of hydrogen-bond donors (Lipinski definition) is 1. The van der Waals surface area contributed by atoms with Crippen molar-refractivity contribution >= 4 is 17.2 Å². The lowest BCUT2D eigenvalue weighted by atomic mass is 10.2. The normalized spacial score (nSPS) is 13.1. The van der Waals surface area contributed by atoms with Crippen molar-refractivity contribution in [3.8, 4) is 11.5 Å². The van der Waals surface area contributed by atoms with Crippen LogP contribution in [0.25, 0.3) is 5.65 Å². The maximum absolute atomic E-state index is 12.3. The fourth-order valence-electron chi connectivity index (χ4n) is 2.36. The largest absolute Gasteiger partial charge is 0.486 e. The number of benzene rings is 1. The van der Waals surface area contributed by atoms with Gasteiger partial charge in [0.2, 0.25) is 0 Å². The number of aromatic nitrogens is 2. The average Bonchev–Trinajstić information content (AvgIpc) is 2.99. The van der Waals surface area contributed by atoms with Crippen LogP contribution in [0.1, 0.15) is 10.5 Å². The van der Waals surface area contributed by atoms with Gasteiger partial charge in [0.1, 0.15) is 24.6 Å². The molecule has 6 nitrogen and oxygen atoms in total. The Morgan fingerprint density at radius 3 is 2.86 bits per heavy atom. The first-order valence-corrected chi connectivity index (χ1v) is 6.94. The number of ether oxygens (including phenoxy) is 2. The van der Waals surface area contributed by atoms with Crippen molar-refractivity contribution in [1.82, 2.24) is 9.38 Å². The van der Waals surface area contributed by atoms with Crippen molar-refractivity contribution < 1.29 is 14.3 Å². The molecule has 0 unspecified atom stereocenters. The first-order chi connectivity index (χ1) is 10.8. The zero-order chi connectivity index (χ0) is 14.9. The SMILES string of the molecule is O=C(Nc1ccc2c(c1)OCCO2)c1cn2ccccc2n1. The maximum atomic E-state index is 12.3. The van der Waals surface area contributed by atoms with Gasteiger partial charge in [0.05, 0.1) is 0 Å². The van der Waals surface area contributed by atoms with Crippen LogP contribution in [0.15, 0.2) is 48.8 Å². The summed E-state index contributed by atoms with van der Waals surface area (Å²) in [7, 11) is 0. The quantitative estimate of drug-likeness (QED) is 0.788. The van der Waals surface area contributed by atoms with Crippen LogP contribution in [0.2, 0.25) is 0 Å². The number of carbonyl (C=O) groups is 1. The van der Waals surface area contributed by atoms with Gasteiger partial charge in [-0.15, -0.1) is 0 Å². The number of imidazole rings is 1. The zero-order valence-corrected chi connectivity index (χ0v) is 11.7. The van der Waals surface area contributed by atoms with Gasteiger partial charge in [0.25, 0.3) is 5.91 Å². The molecule has 1 aromatic carbocycles. The summed E-state index contributed by atoms with van der Waals surface area (Å²) in [6.45, 7) is 1.05. The molecular formula is C16H13N3O3. The van der Waals surface area contributed by atoms with Gasteiger partial charge in [-0.05, 0) is 24.3 Å². The molecule has 0 fully saturated rings. The highest BCUT2D eigenvalue weighted by Crippen LogP contribution is 2.32. The second kappa shape index (κ2) is 5.07. The Morgan fingerprint density at radius 2 is 2.00 bits per heavy atom. The number of nitrogens with zero attached hydrogens (tertiary/aromatic N) is 2. The van der Waals surface area contributed by atoms with Crippen LogP contribution in [0.5, 0.6) is 11.5 Å². The fraction of sp³-hybridized carbons (Fsp3) is 0.125. The molecule has 1 aliphatic rings. The van der Waals surface area contributed by atoms with Crippen molar-refractivity contribution in [2.24, 2.45) is 0 Å². The molecule has 0 saturated carbocycles. The summed E-state index contributed by atoms with van der Waals surface area (Å²) in [6.07, 6.45) is 3.55. The average molecular weight is 295 g/mol. The van der Waals surface area contributed by atoms with E-state index in [4.69, 9.17) is 9.47 Å². The third-order valence-electron chi connectivity index (χ3n) is 3.40. The standard InChI is InChI=1S/C16H13N3O3/c20-16(12-10-19-6-2-1-3-15(19)18-12)17-11-4-5-13-14(9-11)22-8-7-21-13/h1-6,9-10H,7-8H2,(H,17,20). The van der Waals surface area contributed by atoms with Crippen LogP contribution in [0.3, 0.4) is 0 Å². The van der Waals surface area contributed by atoms with Crippen LogP contribution < -0.4 is 14.8 Å². The molecule has 1 N–H and O–H groups in total. The highest BCUT2D eigenvalue weighted by molar-refractivity contribution is 6.03. The van der Waals surface area contributed by atoms with Gasteiger partial charge >= 0.3 is 0 Å². The number of hydrogen-bond acceptors (Lipinski definition) is 4. The minimum absolute atomic E-state index is 0.264. The first-order valence-electron chi connectivity index (χ1n) is 6.94. The van der Waals surface area contributed by atoms with Crippen LogP contribution in [0, 0.1) is 0 Å². The van der Waals surface area contributed by atoms with E-state index >= 15 is 0 Å². The summed E-state index contributed by atoms with van der Waals surface area (Å²) in [5.41, 5.74) is 1.74. The Bertz CT molecular complexity index is 824. The molecule has 110 valence electrons. The molecule has 1 aliphatic heterocycles. The van der Waals surface area contributed by atoms with Gasteiger partial charge < -0.3 is 19.2 Å². The van der Waals surface area contributed by atoms with Gasteiger partial charge in [-0.3, -0.25) is 4.79 Å². The lowest BCUT2D eigenvalue weighted by Crippen LogP contribution is -2.16. The van der Waals surface area contributed by atoms with Gasteiger partial charge in [-0.25, -0.2) is 4.98 Å². The highest BCUT2D eigenvalue weighted by atomic mass is 16.6. The van der Waals surface area contributed by atoms with Crippen molar-refractivity contribution in [2.75, 3.05) is 18.5 Å². The van der Waals surface area contributed by atoms with E-state index in [1.54, 1.807) is 28.8 Å².